The maximum Gasteiger partial charge on any atom is 0.160 e. The van der Waals surface area contributed by atoms with Crippen molar-refractivity contribution in [3.63, 3.8) is 0 Å². The highest BCUT2D eigenvalue weighted by molar-refractivity contribution is 6.33. The zero-order valence-electron chi connectivity index (χ0n) is 14.1. The first-order valence-electron chi connectivity index (χ1n) is 7.91. The van der Waals surface area contributed by atoms with E-state index in [4.69, 9.17) is 16.6 Å². The van der Waals surface area contributed by atoms with Gasteiger partial charge >= 0.3 is 0 Å². The third kappa shape index (κ3) is 3.29. The second kappa shape index (κ2) is 6.65. The molecule has 0 radical (unpaired) electrons. The molecule has 1 N–H and O–H groups in total. The molecule has 3 rings (SSSR count). The van der Waals surface area contributed by atoms with E-state index in [1.54, 1.807) is 0 Å². The Hall–Kier alpha value is -2.33. The van der Waals surface area contributed by atoms with Crippen LogP contribution in [-0.4, -0.2) is 17.0 Å². The quantitative estimate of drug-likeness (QED) is 0.914. The number of nitrogens with one attached hydrogen (secondary N) is 1. The molecule has 0 saturated carbocycles. The van der Waals surface area contributed by atoms with Crippen LogP contribution >= 0.6 is 11.6 Å². The summed E-state index contributed by atoms with van der Waals surface area (Å²) in [6.07, 6.45) is 7.90. The fourth-order valence-corrected chi connectivity index (χ4v) is 2.90. The third-order valence-corrected chi connectivity index (χ3v) is 4.55. The van der Waals surface area contributed by atoms with Crippen LogP contribution in [0.15, 0.2) is 54.8 Å². The van der Waals surface area contributed by atoms with Crippen molar-refractivity contribution in [2.75, 3.05) is 11.9 Å². The maximum atomic E-state index is 6.49. The number of aromatic nitrogens is 2. The molecule has 1 aromatic heterocycles. The predicted molar refractivity (Wildman–Crippen MR) is 99.1 cm³/mol. The Morgan fingerprint density at radius 3 is 2.58 bits per heavy atom. The fourth-order valence-electron chi connectivity index (χ4n) is 2.67. The van der Waals surface area contributed by atoms with Crippen LogP contribution in [0.5, 0.6) is 0 Å². The Kier molecular flexibility index (Phi) is 4.58. The second-order valence-corrected chi connectivity index (χ2v) is 6.55. The summed E-state index contributed by atoms with van der Waals surface area (Å²) >= 11 is 6.49. The third-order valence-electron chi connectivity index (χ3n) is 4.11. The number of hydrogen-bond acceptors (Lipinski definition) is 4. The Labute approximate surface area is 147 Å². The Bertz CT molecular complexity index is 785. The van der Waals surface area contributed by atoms with Crippen molar-refractivity contribution in [2.45, 2.75) is 25.9 Å². The molecular weight excluding hydrogens is 320 g/mol. The molecule has 2 heterocycles. The normalized spacial score (nSPS) is 19.2. The van der Waals surface area contributed by atoms with Gasteiger partial charge in [-0.25, -0.2) is 9.97 Å². The first-order chi connectivity index (χ1) is 11.5. The van der Waals surface area contributed by atoms with E-state index in [1.807, 2.05) is 50.5 Å². The minimum absolute atomic E-state index is 0.438. The van der Waals surface area contributed by atoms with Gasteiger partial charge in [0.25, 0.3) is 0 Å². The molecule has 1 aromatic carbocycles. The summed E-state index contributed by atoms with van der Waals surface area (Å²) < 4.78 is 0. The molecule has 0 fully saturated rings. The smallest absolute Gasteiger partial charge is 0.160 e. The van der Waals surface area contributed by atoms with E-state index in [0.717, 1.165) is 18.1 Å². The van der Waals surface area contributed by atoms with Crippen LogP contribution in [0.2, 0.25) is 5.02 Å². The lowest BCUT2D eigenvalue weighted by atomic mass is 9.98. The molecule has 1 aliphatic rings. The average Bonchev–Trinajstić information content (AvgIpc) is 2.58. The van der Waals surface area contributed by atoms with Crippen LogP contribution in [-0.2, 0) is 12.1 Å². The van der Waals surface area contributed by atoms with E-state index in [-0.39, 0.29) is 0 Å². The van der Waals surface area contributed by atoms with Gasteiger partial charge in [-0.3, -0.25) is 0 Å². The first kappa shape index (κ1) is 16.5. The van der Waals surface area contributed by atoms with E-state index in [1.165, 1.54) is 5.56 Å². The van der Waals surface area contributed by atoms with Crippen molar-refractivity contribution in [3.05, 3.63) is 76.9 Å². The summed E-state index contributed by atoms with van der Waals surface area (Å²) in [7, 11) is 2.00. The molecule has 1 atom stereocenters. The van der Waals surface area contributed by atoms with Gasteiger partial charge in [-0.1, -0.05) is 54.1 Å². The number of hydrogen-bond donors (Lipinski definition) is 1. The van der Waals surface area contributed by atoms with Crippen molar-refractivity contribution in [1.29, 1.82) is 0 Å². The summed E-state index contributed by atoms with van der Waals surface area (Å²) in [6.45, 7) is 4.70. The molecular formula is C19H21ClN4. The highest BCUT2D eigenvalue weighted by Crippen LogP contribution is 2.30. The van der Waals surface area contributed by atoms with E-state index >= 15 is 0 Å². The number of rotatable bonds is 4. The van der Waals surface area contributed by atoms with E-state index in [2.05, 4.69) is 40.3 Å². The average molecular weight is 341 g/mol. The minimum atomic E-state index is -0.438. The number of benzene rings is 1. The topological polar surface area (TPSA) is 41.1 Å². The number of nitrogens with zero attached hydrogens (tertiary/aromatic N) is 3. The monoisotopic (exact) mass is 340 g/mol. The molecule has 1 aliphatic heterocycles. The number of halogens is 1. The summed E-state index contributed by atoms with van der Waals surface area (Å²) in [6, 6.07) is 10.3. The van der Waals surface area contributed by atoms with Crippen molar-refractivity contribution in [1.82, 2.24) is 15.3 Å². The van der Waals surface area contributed by atoms with Crippen LogP contribution in [0, 0.1) is 6.92 Å². The molecule has 5 heteroatoms. The van der Waals surface area contributed by atoms with E-state index < -0.39 is 5.54 Å². The maximum absolute atomic E-state index is 6.49. The van der Waals surface area contributed by atoms with Gasteiger partial charge in [0.05, 0.1) is 5.69 Å². The van der Waals surface area contributed by atoms with Gasteiger partial charge in [-0.2, -0.15) is 0 Å². The Balaban J connectivity index is 1.95. The van der Waals surface area contributed by atoms with Gasteiger partial charge < -0.3 is 10.2 Å². The molecule has 24 heavy (non-hydrogen) atoms. The largest absolute Gasteiger partial charge is 0.376 e. The number of anilines is 1. The number of dihydropyridines is 1. The zero-order valence-corrected chi connectivity index (χ0v) is 14.9. The fraction of sp³-hybridized carbons (Fsp3) is 0.263. The number of allylic oxidation sites excluding steroid dienone is 2. The van der Waals surface area contributed by atoms with Gasteiger partial charge in [0, 0.05) is 13.6 Å². The Morgan fingerprint density at radius 2 is 1.92 bits per heavy atom. The molecule has 124 valence electrons. The van der Waals surface area contributed by atoms with Crippen molar-refractivity contribution < 1.29 is 0 Å². The van der Waals surface area contributed by atoms with Crippen LogP contribution in [0.3, 0.4) is 0 Å². The lowest BCUT2D eigenvalue weighted by molar-refractivity contribution is 0.487. The molecule has 0 bridgehead atoms. The lowest BCUT2D eigenvalue weighted by Crippen LogP contribution is -2.37. The molecule has 2 aromatic rings. The summed E-state index contributed by atoms with van der Waals surface area (Å²) in [5, 5.41) is 3.91. The SMILES string of the molecule is Cc1nc(C2(C)C=CC=CN2)nc(N(C)Cc2ccccc2)c1Cl. The summed E-state index contributed by atoms with van der Waals surface area (Å²) in [4.78, 5) is 11.4. The molecule has 0 aliphatic carbocycles. The van der Waals surface area contributed by atoms with Crippen LogP contribution in [0.25, 0.3) is 0 Å². The summed E-state index contributed by atoms with van der Waals surface area (Å²) in [5.41, 5.74) is 1.55. The second-order valence-electron chi connectivity index (χ2n) is 6.18. The molecule has 0 spiro atoms. The first-order valence-corrected chi connectivity index (χ1v) is 8.29. The number of aryl methyl sites for hydroxylation is 1. The minimum Gasteiger partial charge on any atom is -0.376 e. The highest BCUT2D eigenvalue weighted by Gasteiger charge is 2.28. The van der Waals surface area contributed by atoms with Gasteiger partial charge in [-0.05, 0) is 31.7 Å². The van der Waals surface area contributed by atoms with Crippen molar-refractivity contribution in [3.8, 4) is 0 Å². The molecule has 0 amide bonds. The zero-order chi connectivity index (χ0) is 17.2. The van der Waals surface area contributed by atoms with Gasteiger partial charge in [-0.15, -0.1) is 0 Å². The van der Waals surface area contributed by atoms with E-state index in [9.17, 15) is 0 Å². The van der Waals surface area contributed by atoms with Gasteiger partial charge in [0.2, 0.25) is 0 Å². The van der Waals surface area contributed by atoms with Gasteiger partial charge in [0.1, 0.15) is 10.6 Å². The molecule has 4 nitrogen and oxygen atoms in total. The standard InChI is InChI=1S/C19H21ClN4/c1-14-16(20)17(24(3)13-15-9-5-4-6-10-15)23-18(22-14)19(2)11-7-8-12-21-19/h4-12,21H,13H2,1-3H3. The molecule has 0 saturated heterocycles. The Morgan fingerprint density at radius 1 is 1.17 bits per heavy atom. The molecule has 1 unspecified atom stereocenters. The van der Waals surface area contributed by atoms with E-state index in [0.29, 0.717) is 10.8 Å². The lowest BCUT2D eigenvalue weighted by Gasteiger charge is -2.29. The van der Waals surface area contributed by atoms with Gasteiger partial charge in [0.15, 0.2) is 11.6 Å². The summed E-state index contributed by atoms with van der Waals surface area (Å²) in [5.74, 6) is 1.45. The van der Waals surface area contributed by atoms with Crippen LogP contribution < -0.4 is 10.2 Å². The highest BCUT2D eigenvalue weighted by atomic mass is 35.5. The van der Waals surface area contributed by atoms with Crippen LogP contribution in [0.4, 0.5) is 5.82 Å². The predicted octanol–water partition coefficient (Wildman–Crippen LogP) is 3.96. The van der Waals surface area contributed by atoms with Crippen molar-refractivity contribution >= 4 is 17.4 Å². The van der Waals surface area contributed by atoms with Crippen molar-refractivity contribution in [2.24, 2.45) is 0 Å². The van der Waals surface area contributed by atoms with Crippen LogP contribution in [0.1, 0.15) is 24.0 Å².